The second-order valence-corrected chi connectivity index (χ2v) is 29.4. The lowest BCUT2D eigenvalue weighted by Gasteiger charge is -2.21. The van der Waals surface area contributed by atoms with Crippen molar-refractivity contribution in [1.29, 1.82) is 0 Å². The molecule has 0 aromatic carbocycles. The number of esters is 4. The lowest BCUT2D eigenvalue weighted by atomic mass is 9.99. The molecule has 0 aromatic rings. The monoisotopic (exact) mass is 1360 g/mol. The summed E-state index contributed by atoms with van der Waals surface area (Å²) in [5, 5.41) is 10.6. The second kappa shape index (κ2) is 65.5. The summed E-state index contributed by atoms with van der Waals surface area (Å²) in [4.78, 5) is 72.7. The molecule has 17 nitrogen and oxygen atoms in total. The Kier molecular flexibility index (Phi) is 63.7. The summed E-state index contributed by atoms with van der Waals surface area (Å²) in [7, 11) is -9.92. The fourth-order valence-corrected chi connectivity index (χ4v) is 12.3. The van der Waals surface area contributed by atoms with Gasteiger partial charge in [0, 0.05) is 25.7 Å². The van der Waals surface area contributed by atoms with Gasteiger partial charge in [0.25, 0.3) is 0 Å². The molecule has 3 N–H and O–H groups in total. The molecule has 0 spiro atoms. The smallest absolute Gasteiger partial charge is 0.462 e. The number of aliphatic hydroxyl groups excluding tert-OH is 1. The predicted octanol–water partition coefficient (Wildman–Crippen LogP) is 21.1. The van der Waals surface area contributed by atoms with Gasteiger partial charge in [-0.05, 0) is 63.2 Å². The van der Waals surface area contributed by atoms with E-state index in [1.807, 2.05) is 0 Å². The molecule has 0 saturated heterocycles. The second-order valence-electron chi connectivity index (χ2n) is 26.5. The van der Waals surface area contributed by atoms with Gasteiger partial charge in [0.15, 0.2) is 12.2 Å². The van der Waals surface area contributed by atoms with E-state index in [0.717, 1.165) is 115 Å². The van der Waals surface area contributed by atoms with E-state index in [2.05, 4.69) is 65.8 Å². The van der Waals surface area contributed by atoms with Crippen LogP contribution in [0.4, 0.5) is 0 Å². The van der Waals surface area contributed by atoms with Crippen LogP contribution in [0.1, 0.15) is 356 Å². The first-order valence-corrected chi connectivity index (χ1v) is 40.9. The SMILES string of the molecule is CCCCCC/C=C\C=C/CCCCCCCC(=O)O[C@H](COC(=O)CCCCCCCCCCCCC(C)CC)COP(=O)(O)OC[C@@H](O)COP(=O)(O)OC[C@@H](COC(=O)CCCCCCCCCCCC)OC(=O)CCCCCCCCCCCCC(C)CC. The molecule has 0 fully saturated rings. The van der Waals surface area contributed by atoms with Crippen LogP contribution < -0.4 is 0 Å². The Balaban J connectivity index is 5.30. The number of rotatable bonds is 71. The van der Waals surface area contributed by atoms with Gasteiger partial charge >= 0.3 is 39.5 Å². The maximum atomic E-state index is 13.1. The van der Waals surface area contributed by atoms with Crippen molar-refractivity contribution in [1.82, 2.24) is 0 Å². The van der Waals surface area contributed by atoms with E-state index in [9.17, 15) is 43.2 Å². The molecule has 0 saturated carbocycles. The number of carbonyl (C=O) groups excluding carboxylic acids is 4. The van der Waals surface area contributed by atoms with Crippen molar-refractivity contribution >= 4 is 39.5 Å². The number of unbranched alkanes of at least 4 members (excludes halogenated alkanes) is 36. The first kappa shape index (κ1) is 90.5. The van der Waals surface area contributed by atoms with Crippen LogP contribution in [0.25, 0.3) is 0 Å². The normalized spacial score (nSPS) is 14.8. The van der Waals surface area contributed by atoms with Gasteiger partial charge in [0.2, 0.25) is 0 Å². The Morgan fingerprint density at radius 3 is 0.914 bits per heavy atom. The summed E-state index contributed by atoms with van der Waals surface area (Å²) in [5.74, 6) is -0.540. The highest BCUT2D eigenvalue weighted by molar-refractivity contribution is 7.47. The zero-order valence-corrected chi connectivity index (χ0v) is 61.8. The molecular formula is C74H140O17P2. The number of hydrogen-bond donors (Lipinski definition) is 3. The molecule has 0 aliphatic rings. The van der Waals surface area contributed by atoms with Crippen LogP contribution in [0.5, 0.6) is 0 Å². The number of aliphatic hydroxyl groups is 1. The summed E-state index contributed by atoms with van der Waals surface area (Å²) in [6, 6.07) is 0. The van der Waals surface area contributed by atoms with Crippen LogP contribution in [-0.2, 0) is 65.4 Å². The van der Waals surface area contributed by atoms with Crippen molar-refractivity contribution in [2.45, 2.75) is 374 Å². The molecule has 0 radical (unpaired) electrons. The molecule has 0 rings (SSSR count). The Morgan fingerprint density at radius 2 is 0.602 bits per heavy atom. The standard InChI is InChI=1S/C74H140O17P2/c1-7-11-13-15-17-19-21-22-23-24-25-34-40-46-52-58-73(78)90-70(63-85-72(77)57-51-45-39-33-28-26-30-36-42-48-54-66(5)9-3)65-89-93(82,83)87-61-68(75)60-86-92(80,81)88-64-69(62-84-71(76)56-50-44-38-32-20-18-16-14-12-8-2)91-74(79)59-53-47-41-35-29-27-31-37-43-49-55-67(6)10-4/h19,21-23,66-70,75H,7-18,20,24-65H2,1-6H3,(H,80,81)(H,82,83)/b21-19-,23-22-/t66?,67?,68-,69+,70+/m0/s1. The van der Waals surface area contributed by atoms with Crippen LogP contribution in [0.3, 0.4) is 0 Å². The average Bonchev–Trinajstić information content (AvgIpc) is 1.71. The Labute approximate surface area is 567 Å². The van der Waals surface area contributed by atoms with Gasteiger partial charge in [0.1, 0.15) is 19.3 Å². The van der Waals surface area contributed by atoms with E-state index in [1.54, 1.807) is 0 Å². The van der Waals surface area contributed by atoms with Gasteiger partial charge in [0.05, 0.1) is 26.4 Å². The predicted molar refractivity (Wildman–Crippen MR) is 377 cm³/mol. The average molecular weight is 1360 g/mol. The molecule has 0 heterocycles. The van der Waals surface area contributed by atoms with Crippen LogP contribution in [0.2, 0.25) is 0 Å². The van der Waals surface area contributed by atoms with Crippen LogP contribution in [-0.4, -0.2) is 96.7 Å². The van der Waals surface area contributed by atoms with Gasteiger partial charge in [-0.1, -0.05) is 303 Å². The summed E-state index contributed by atoms with van der Waals surface area (Å²) >= 11 is 0. The van der Waals surface area contributed by atoms with E-state index < -0.39 is 97.5 Å². The zero-order chi connectivity index (χ0) is 68.6. The molecule has 0 aromatic heterocycles. The highest BCUT2D eigenvalue weighted by Crippen LogP contribution is 2.45. The molecule has 19 heteroatoms. The van der Waals surface area contributed by atoms with Crippen molar-refractivity contribution in [2.75, 3.05) is 39.6 Å². The number of carbonyl (C=O) groups is 4. The van der Waals surface area contributed by atoms with E-state index in [0.29, 0.717) is 25.7 Å². The van der Waals surface area contributed by atoms with Crippen LogP contribution >= 0.6 is 15.6 Å². The lowest BCUT2D eigenvalue weighted by molar-refractivity contribution is -0.161. The van der Waals surface area contributed by atoms with Crippen molar-refractivity contribution < 1.29 is 80.2 Å². The van der Waals surface area contributed by atoms with Crippen LogP contribution in [0, 0.1) is 11.8 Å². The summed E-state index contributed by atoms with van der Waals surface area (Å²) in [6.07, 6.45) is 54.6. The van der Waals surface area contributed by atoms with Crippen molar-refractivity contribution in [2.24, 2.45) is 11.8 Å². The minimum Gasteiger partial charge on any atom is -0.462 e. The number of allylic oxidation sites excluding steroid dienone is 4. The molecule has 548 valence electrons. The van der Waals surface area contributed by atoms with E-state index in [-0.39, 0.29) is 25.7 Å². The van der Waals surface area contributed by atoms with E-state index in [4.69, 9.17) is 37.0 Å². The number of ether oxygens (including phenoxy) is 4. The fourth-order valence-electron chi connectivity index (χ4n) is 10.7. The summed E-state index contributed by atoms with van der Waals surface area (Å²) in [6.45, 7) is 9.55. The summed E-state index contributed by atoms with van der Waals surface area (Å²) < 4.78 is 68.4. The number of phosphoric ester groups is 2. The largest absolute Gasteiger partial charge is 0.472 e. The molecular weight excluding hydrogens is 1220 g/mol. The molecule has 0 amide bonds. The first-order valence-electron chi connectivity index (χ1n) is 37.9. The Morgan fingerprint density at radius 1 is 0.344 bits per heavy atom. The topological polar surface area (TPSA) is 237 Å². The molecule has 7 atom stereocenters. The minimum absolute atomic E-state index is 0.0848. The van der Waals surface area contributed by atoms with Gasteiger partial charge in [-0.2, -0.15) is 0 Å². The van der Waals surface area contributed by atoms with Gasteiger partial charge < -0.3 is 33.8 Å². The van der Waals surface area contributed by atoms with Crippen LogP contribution in [0.15, 0.2) is 24.3 Å². The third-order valence-corrected chi connectivity index (χ3v) is 19.2. The third-order valence-electron chi connectivity index (χ3n) is 17.3. The van der Waals surface area contributed by atoms with E-state index >= 15 is 0 Å². The zero-order valence-electron chi connectivity index (χ0n) is 60.0. The van der Waals surface area contributed by atoms with Gasteiger partial charge in [-0.25, -0.2) is 9.13 Å². The Hall–Kier alpha value is -2.46. The number of hydrogen-bond acceptors (Lipinski definition) is 15. The molecule has 0 aliphatic heterocycles. The van der Waals surface area contributed by atoms with Gasteiger partial charge in [-0.3, -0.25) is 37.3 Å². The molecule has 4 unspecified atom stereocenters. The molecule has 0 bridgehead atoms. The van der Waals surface area contributed by atoms with E-state index in [1.165, 1.54) is 161 Å². The highest BCUT2D eigenvalue weighted by Gasteiger charge is 2.30. The van der Waals surface area contributed by atoms with Gasteiger partial charge in [-0.15, -0.1) is 0 Å². The Bertz CT molecular complexity index is 1900. The maximum absolute atomic E-state index is 13.1. The van der Waals surface area contributed by atoms with Crippen molar-refractivity contribution in [3.8, 4) is 0 Å². The third kappa shape index (κ3) is 65.3. The lowest BCUT2D eigenvalue weighted by Crippen LogP contribution is -2.30. The first-order chi connectivity index (χ1) is 44.9. The maximum Gasteiger partial charge on any atom is 0.472 e. The highest BCUT2D eigenvalue weighted by atomic mass is 31.2. The van der Waals surface area contributed by atoms with Crippen molar-refractivity contribution in [3.63, 3.8) is 0 Å². The fraction of sp³-hybridized carbons (Fsp3) is 0.892. The van der Waals surface area contributed by atoms with Crippen molar-refractivity contribution in [3.05, 3.63) is 24.3 Å². The quantitative estimate of drug-likeness (QED) is 0.0169. The molecule has 0 aliphatic carbocycles. The summed E-state index contributed by atoms with van der Waals surface area (Å²) in [5.41, 5.74) is 0. The molecule has 93 heavy (non-hydrogen) atoms. The minimum atomic E-state index is -4.96. The number of phosphoric acid groups is 2.